The molecule has 21 heavy (non-hydrogen) atoms. The highest BCUT2D eigenvalue weighted by molar-refractivity contribution is 5.95. The van der Waals surface area contributed by atoms with Crippen molar-refractivity contribution in [3.63, 3.8) is 0 Å². The lowest BCUT2D eigenvalue weighted by molar-refractivity contribution is -0.131. The number of hydrogen-bond acceptors (Lipinski definition) is 3. The predicted molar refractivity (Wildman–Crippen MR) is 78.4 cm³/mol. The van der Waals surface area contributed by atoms with E-state index in [-0.39, 0.29) is 12.5 Å². The second kappa shape index (κ2) is 6.69. The molecule has 1 aromatic carbocycles. The molecule has 0 radical (unpaired) electrons. The van der Waals surface area contributed by atoms with Crippen molar-refractivity contribution in [1.82, 2.24) is 5.32 Å². The molecule has 0 aliphatic rings. The van der Waals surface area contributed by atoms with Crippen LogP contribution in [-0.4, -0.2) is 29.4 Å². The van der Waals surface area contributed by atoms with Gasteiger partial charge in [0.15, 0.2) is 0 Å². The second-order valence-corrected chi connectivity index (χ2v) is 5.22. The normalized spacial score (nSPS) is 11.3. The van der Waals surface area contributed by atoms with Gasteiger partial charge in [0.05, 0.1) is 5.41 Å². The lowest BCUT2D eigenvalue weighted by Gasteiger charge is -2.20. The van der Waals surface area contributed by atoms with Gasteiger partial charge in [0.25, 0.3) is 5.91 Å². The zero-order valence-corrected chi connectivity index (χ0v) is 11.9. The Bertz CT molecular complexity index is 574. The highest BCUT2D eigenvalue weighted by atomic mass is 16.4. The zero-order valence-electron chi connectivity index (χ0n) is 11.9. The fraction of sp³-hybridized carbons (Fsp3) is 0.267. The Kier molecular flexibility index (Phi) is 5.24. The monoisotopic (exact) mass is 290 g/mol. The van der Waals surface area contributed by atoms with Crippen molar-refractivity contribution in [2.75, 3.05) is 6.54 Å². The molecule has 0 saturated heterocycles. The van der Waals surface area contributed by atoms with E-state index in [2.05, 4.69) is 5.32 Å². The van der Waals surface area contributed by atoms with Crippen LogP contribution in [0.1, 0.15) is 29.8 Å². The first-order valence-electron chi connectivity index (χ1n) is 6.31. The molecule has 2 amide bonds. The molecule has 0 aliphatic heterocycles. The minimum absolute atomic E-state index is 0.141. The summed E-state index contributed by atoms with van der Waals surface area (Å²) in [6, 6.07) is 6.42. The van der Waals surface area contributed by atoms with Gasteiger partial charge in [-0.05, 0) is 37.6 Å². The second-order valence-electron chi connectivity index (χ2n) is 5.22. The van der Waals surface area contributed by atoms with Crippen LogP contribution in [0, 0.1) is 5.41 Å². The number of carbonyl (C=O) groups excluding carboxylic acids is 2. The minimum Gasteiger partial charge on any atom is -0.478 e. The number of amides is 2. The summed E-state index contributed by atoms with van der Waals surface area (Å²) in [5.41, 5.74) is 5.50. The topological polar surface area (TPSA) is 109 Å². The van der Waals surface area contributed by atoms with E-state index in [1.54, 1.807) is 38.1 Å². The Labute approximate surface area is 122 Å². The Morgan fingerprint density at radius 3 is 2.29 bits per heavy atom. The van der Waals surface area contributed by atoms with Crippen molar-refractivity contribution >= 4 is 23.9 Å². The van der Waals surface area contributed by atoms with Gasteiger partial charge in [-0.2, -0.15) is 0 Å². The smallest absolute Gasteiger partial charge is 0.328 e. The molecule has 4 N–H and O–H groups in total. The molecule has 1 rings (SSSR count). The Morgan fingerprint density at radius 2 is 1.81 bits per heavy atom. The van der Waals surface area contributed by atoms with E-state index in [9.17, 15) is 14.4 Å². The third-order valence-electron chi connectivity index (χ3n) is 2.95. The van der Waals surface area contributed by atoms with Crippen molar-refractivity contribution < 1.29 is 19.5 Å². The third-order valence-corrected chi connectivity index (χ3v) is 2.95. The van der Waals surface area contributed by atoms with E-state index in [1.165, 1.54) is 6.08 Å². The molecule has 0 spiro atoms. The highest BCUT2D eigenvalue weighted by Gasteiger charge is 2.25. The third kappa shape index (κ3) is 5.10. The maximum Gasteiger partial charge on any atom is 0.328 e. The van der Waals surface area contributed by atoms with Crippen LogP contribution < -0.4 is 11.1 Å². The summed E-state index contributed by atoms with van der Waals surface area (Å²) in [7, 11) is 0. The van der Waals surface area contributed by atoms with Crippen LogP contribution in [0.2, 0.25) is 0 Å². The number of nitrogens with one attached hydrogen (secondary N) is 1. The van der Waals surface area contributed by atoms with Crippen LogP contribution in [0.4, 0.5) is 0 Å². The molecule has 0 heterocycles. The Balaban J connectivity index is 2.68. The van der Waals surface area contributed by atoms with Crippen LogP contribution in [0.15, 0.2) is 30.3 Å². The Hall–Kier alpha value is -2.63. The predicted octanol–water partition coefficient (Wildman–Crippen LogP) is 1.03. The van der Waals surface area contributed by atoms with Gasteiger partial charge < -0.3 is 16.2 Å². The van der Waals surface area contributed by atoms with Crippen LogP contribution in [0.3, 0.4) is 0 Å². The number of nitrogens with two attached hydrogens (primary N) is 1. The summed E-state index contributed by atoms with van der Waals surface area (Å²) in [5, 5.41) is 11.2. The summed E-state index contributed by atoms with van der Waals surface area (Å²) in [6.07, 6.45) is 2.45. The molecule has 1 aromatic rings. The van der Waals surface area contributed by atoms with Crippen molar-refractivity contribution in [3.8, 4) is 0 Å². The van der Waals surface area contributed by atoms with Crippen molar-refractivity contribution in [2.45, 2.75) is 13.8 Å². The van der Waals surface area contributed by atoms with Crippen LogP contribution in [0.5, 0.6) is 0 Å². The lowest BCUT2D eigenvalue weighted by Crippen LogP contribution is -2.42. The summed E-state index contributed by atoms with van der Waals surface area (Å²) in [4.78, 5) is 33.5. The summed E-state index contributed by atoms with van der Waals surface area (Å²) >= 11 is 0. The van der Waals surface area contributed by atoms with Gasteiger partial charge in [0.1, 0.15) is 0 Å². The van der Waals surface area contributed by atoms with Crippen LogP contribution >= 0.6 is 0 Å². The van der Waals surface area contributed by atoms with Crippen molar-refractivity contribution in [2.24, 2.45) is 11.1 Å². The van der Waals surface area contributed by atoms with Crippen LogP contribution in [0.25, 0.3) is 6.08 Å². The molecule has 6 heteroatoms. The molecule has 0 atom stereocenters. The molecule has 6 nitrogen and oxygen atoms in total. The lowest BCUT2D eigenvalue weighted by atomic mass is 9.92. The summed E-state index contributed by atoms with van der Waals surface area (Å²) in [5.74, 6) is -1.85. The first-order chi connectivity index (χ1) is 9.72. The Morgan fingerprint density at radius 1 is 1.24 bits per heavy atom. The van der Waals surface area contributed by atoms with E-state index < -0.39 is 17.3 Å². The molecule has 0 bridgehead atoms. The molecule has 0 fully saturated rings. The number of benzene rings is 1. The van der Waals surface area contributed by atoms with E-state index in [0.29, 0.717) is 11.1 Å². The molecular weight excluding hydrogens is 272 g/mol. The van der Waals surface area contributed by atoms with Gasteiger partial charge >= 0.3 is 5.97 Å². The highest BCUT2D eigenvalue weighted by Crippen LogP contribution is 2.12. The molecule has 0 unspecified atom stereocenters. The van der Waals surface area contributed by atoms with Crippen molar-refractivity contribution in [3.05, 3.63) is 41.5 Å². The first kappa shape index (κ1) is 16.4. The van der Waals surface area contributed by atoms with Gasteiger partial charge in [0, 0.05) is 18.2 Å². The number of primary amides is 1. The number of aliphatic carboxylic acids is 1. The number of carboxylic acids is 1. The maximum absolute atomic E-state index is 11.9. The van der Waals surface area contributed by atoms with E-state index in [1.807, 2.05) is 0 Å². The van der Waals surface area contributed by atoms with Crippen LogP contribution in [-0.2, 0) is 9.59 Å². The van der Waals surface area contributed by atoms with Gasteiger partial charge in [-0.15, -0.1) is 0 Å². The average Bonchev–Trinajstić information content (AvgIpc) is 2.43. The van der Waals surface area contributed by atoms with E-state index in [0.717, 1.165) is 6.08 Å². The largest absolute Gasteiger partial charge is 0.478 e. The number of carbonyl (C=O) groups is 3. The maximum atomic E-state index is 11.9. The fourth-order valence-corrected chi connectivity index (χ4v) is 1.40. The fourth-order valence-electron chi connectivity index (χ4n) is 1.40. The number of hydrogen-bond donors (Lipinski definition) is 3. The molecule has 112 valence electrons. The summed E-state index contributed by atoms with van der Waals surface area (Å²) in [6.45, 7) is 3.44. The average molecular weight is 290 g/mol. The molecule has 0 saturated carbocycles. The SMILES string of the molecule is CC(C)(CNC(=O)c1ccc(/C=C/C(=O)O)cc1)C(N)=O. The van der Waals surface area contributed by atoms with Gasteiger partial charge in [-0.25, -0.2) is 4.79 Å². The zero-order chi connectivity index (χ0) is 16.0. The molecular formula is C15H18N2O4. The van der Waals surface area contributed by atoms with Gasteiger partial charge in [0.2, 0.25) is 5.91 Å². The van der Waals surface area contributed by atoms with Gasteiger partial charge in [-0.1, -0.05) is 12.1 Å². The summed E-state index contributed by atoms with van der Waals surface area (Å²) < 4.78 is 0. The van der Waals surface area contributed by atoms with Gasteiger partial charge in [-0.3, -0.25) is 9.59 Å². The number of rotatable bonds is 6. The molecule has 0 aromatic heterocycles. The van der Waals surface area contributed by atoms with E-state index in [4.69, 9.17) is 10.8 Å². The number of carboxylic acid groups (broad SMARTS) is 1. The minimum atomic E-state index is -1.04. The first-order valence-corrected chi connectivity index (χ1v) is 6.31. The quantitative estimate of drug-likeness (QED) is 0.679. The molecule has 0 aliphatic carbocycles. The van der Waals surface area contributed by atoms with E-state index >= 15 is 0 Å². The van der Waals surface area contributed by atoms with Crippen molar-refractivity contribution in [1.29, 1.82) is 0 Å². The standard InChI is InChI=1S/C15H18N2O4/c1-15(2,14(16)21)9-17-13(20)11-6-3-10(4-7-11)5-8-12(18)19/h3-8H,9H2,1-2H3,(H2,16,21)(H,17,20)(H,18,19)/b8-5+.